The maximum absolute atomic E-state index is 12.7. The van der Waals surface area contributed by atoms with Crippen molar-refractivity contribution in [3.63, 3.8) is 0 Å². The number of hydrogen-bond donors (Lipinski definition) is 0. The van der Waals surface area contributed by atoms with Crippen molar-refractivity contribution >= 4 is 33.2 Å². The number of hydrogen-bond acceptors (Lipinski definition) is 3. The van der Waals surface area contributed by atoms with Crippen molar-refractivity contribution in [2.45, 2.75) is 38.6 Å². The molecule has 7 heteroatoms. The number of piperidine rings is 1. The fraction of sp³-hybridized carbons (Fsp3) is 0.562. The van der Waals surface area contributed by atoms with Gasteiger partial charge in [-0.05, 0) is 37.8 Å². The lowest BCUT2D eigenvalue weighted by Crippen LogP contribution is -2.49. The van der Waals surface area contributed by atoms with E-state index in [1.807, 2.05) is 4.90 Å². The SMILES string of the molecule is CCC1CCCCN1C(=O)CN(c1ccccc1Cl)S(C)(=O)=O. The van der Waals surface area contributed by atoms with Crippen LogP contribution in [-0.4, -0.2) is 44.6 Å². The highest BCUT2D eigenvalue weighted by Gasteiger charge is 2.29. The van der Waals surface area contributed by atoms with Crippen molar-refractivity contribution in [1.82, 2.24) is 4.90 Å². The Morgan fingerprint density at radius 1 is 1.35 bits per heavy atom. The number of halogens is 1. The van der Waals surface area contributed by atoms with Crippen LogP contribution in [0.1, 0.15) is 32.6 Å². The Bertz CT molecular complexity index is 663. The average Bonchev–Trinajstić information content (AvgIpc) is 2.52. The number of likely N-dealkylation sites (tertiary alicyclic amines) is 1. The van der Waals surface area contributed by atoms with Crippen molar-refractivity contribution in [3.8, 4) is 0 Å². The molecule has 1 aromatic rings. The second kappa shape index (κ2) is 7.53. The summed E-state index contributed by atoms with van der Waals surface area (Å²) in [6.45, 7) is 2.54. The number of amides is 1. The van der Waals surface area contributed by atoms with E-state index in [-0.39, 0.29) is 18.5 Å². The summed E-state index contributed by atoms with van der Waals surface area (Å²) in [4.78, 5) is 14.5. The van der Waals surface area contributed by atoms with Crippen molar-refractivity contribution in [3.05, 3.63) is 29.3 Å². The zero-order chi connectivity index (χ0) is 17.0. The van der Waals surface area contributed by atoms with E-state index in [1.54, 1.807) is 24.3 Å². The van der Waals surface area contributed by atoms with E-state index >= 15 is 0 Å². The Balaban J connectivity index is 2.25. The molecule has 0 N–H and O–H groups in total. The molecule has 1 saturated heterocycles. The first-order valence-electron chi connectivity index (χ1n) is 7.86. The highest BCUT2D eigenvalue weighted by molar-refractivity contribution is 7.92. The molecule has 1 aliphatic heterocycles. The van der Waals surface area contributed by atoms with Gasteiger partial charge in [0.25, 0.3) is 0 Å². The Kier molecular flexibility index (Phi) is 5.92. The van der Waals surface area contributed by atoms with Crippen LogP contribution in [0.25, 0.3) is 0 Å². The van der Waals surface area contributed by atoms with Gasteiger partial charge in [-0.1, -0.05) is 30.7 Å². The number of anilines is 1. The first kappa shape index (κ1) is 18.1. The van der Waals surface area contributed by atoms with Crippen LogP contribution in [0.4, 0.5) is 5.69 Å². The van der Waals surface area contributed by atoms with Crippen LogP contribution in [0.3, 0.4) is 0 Å². The zero-order valence-corrected chi connectivity index (χ0v) is 15.1. The predicted octanol–water partition coefficient (Wildman–Crippen LogP) is 2.90. The van der Waals surface area contributed by atoms with E-state index in [1.165, 1.54) is 0 Å². The molecule has 1 unspecified atom stereocenters. The second-order valence-electron chi connectivity index (χ2n) is 5.87. The van der Waals surface area contributed by atoms with Gasteiger partial charge in [-0.25, -0.2) is 8.42 Å². The summed E-state index contributed by atoms with van der Waals surface area (Å²) in [5.41, 5.74) is 0.343. The van der Waals surface area contributed by atoms with Gasteiger partial charge in [-0.2, -0.15) is 0 Å². The van der Waals surface area contributed by atoms with Gasteiger partial charge in [0.2, 0.25) is 15.9 Å². The third-order valence-corrected chi connectivity index (χ3v) is 5.67. The summed E-state index contributed by atoms with van der Waals surface area (Å²) in [6.07, 6.45) is 5.04. The lowest BCUT2D eigenvalue weighted by molar-refractivity contribution is -0.133. The number of sulfonamides is 1. The van der Waals surface area contributed by atoms with Crippen LogP contribution in [-0.2, 0) is 14.8 Å². The average molecular weight is 359 g/mol. The zero-order valence-electron chi connectivity index (χ0n) is 13.5. The summed E-state index contributed by atoms with van der Waals surface area (Å²) < 4.78 is 25.4. The molecule has 1 atom stereocenters. The van der Waals surface area contributed by atoms with Crippen LogP contribution in [0.15, 0.2) is 24.3 Å². The summed E-state index contributed by atoms with van der Waals surface area (Å²) in [7, 11) is -3.60. The van der Waals surface area contributed by atoms with Crippen LogP contribution < -0.4 is 4.31 Å². The van der Waals surface area contributed by atoms with E-state index in [9.17, 15) is 13.2 Å². The van der Waals surface area contributed by atoms with E-state index in [4.69, 9.17) is 11.6 Å². The lowest BCUT2D eigenvalue weighted by atomic mass is 10.00. The molecule has 0 aliphatic carbocycles. The number of nitrogens with zero attached hydrogens (tertiary/aromatic N) is 2. The van der Waals surface area contributed by atoms with E-state index < -0.39 is 10.0 Å². The second-order valence-corrected chi connectivity index (χ2v) is 8.18. The Morgan fingerprint density at radius 2 is 2.04 bits per heavy atom. The smallest absolute Gasteiger partial charge is 0.243 e. The highest BCUT2D eigenvalue weighted by Crippen LogP contribution is 2.28. The van der Waals surface area contributed by atoms with Crippen molar-refractivity contribution in [1.29, 1.82) is 0 Å². The third-order valence-electron chi connectivity index (χ3n) is 4.22. The quantitative estimate of drug-likeness (QED) is 0.813. The van der Waals surface area contributed by atoms with Gasteiger partial charge >= 0.3 is 0 Å². The van der Waals surface area contributed by atoms with E-state index in [0.717, 1.165) is 36.2 Å². The number of carbonyl (C=O) groups is 1. The first-order chi connectivity index (χ1) is 10.8. The maximum atomic E-state index is 12.7. The minimum absolute atomic E-state index is 0.165. The summed E-state index contributed by atoms with van der Waals surface area (Å²) in [5, 5.41) is 0.316. The minimum atomic E-state index is -3.60. The largest absolute Gasteiger partial charge is 0.338 e. The summed E-state index contributed by atoms with van der Waals surface area (Å²) >= 11 is 6.12. The fourth-order valence-corrected chi connectivity index (χ4v) is 4.15. The van der Waals surface area contributed by atoms with Crippen molar-refractivity contribution in [2.75, 3.05) is 23.7 Å². The van der Waals surface area contributed by atoms with Gasteiger partial charge in [-0.15, -0.1) is 0 Å². The van der Waals surface area contributed by atoms with Crippen molar-refractivity contribution < 1.29 is 13.2 Å². The first-order valence-corrected chi connectivity index (χ1v) is 10.1. The Labute approximate surface area is 143 Å². The number of benzene rings is 1. The molecule has 1 fully saturated rings. The number of carbonyl (C=O) groups excluding carboxylic acids is 1. The molecule has 0 radical (unpaired) electrons. The molecule has 1 aromatic carbocycles. The normalized spacial score (nSPS) is 18.7. The third kappa shape index (κ3) is 4.38. The van der Waals surface area contributed by atoms with E-state index in [0.29, 0.717) is 17.3 Å². The lowest BCUT2D eigenvalue weighted by Gasteiger charge is -2.36. The van der Waals surface area contributed by atoms with Gasteiger partial charge in [0.15, 0.2) is 0 Å². The maximum Gasteiger partial charge on any atom is 0.243 e. The van der Waals surface area contributed by atoms with Gasteiger partial charge in [0.05, 0.1) is 17.0 Å². The van der Waals surface area contributed by atoms with Crippen molar-refractivity contribution in [2.24, 2.45) is 0 Å². The molecule has 5 nitrogen and oxygen atoms in total. The number of para-hydroxylation sites is 1. The molecule has 0 aromatic heterocycles. The molecular formula is C16H23ClN2O3S. The van der Waals surface area contributed by atoms with Gasteiger partial charge in [0.1, 0.15) is 6.54 Å². The molecule has 0 spiro atoms. The molecule has 2 rings (SSSR count). The monoisotopic (exact) mass is 358 g/mol. The molecular weight excluding hydrogens is 336 g/mol. The number of rotatable bonds is 5. The Hall–Kier alpha value is -1.27. The molecule has 1 aliphatic rings. The topological polar surface area (TPSA) is 57.7 Å². The molecule has 23 heavy (non-hydrogen) atoms. The molecule has 0 saturated carbocycles. The molecule has 1 amide bonds. The molecule has 128 valence electrons. The summed E-state index contributed by atoms with van der Waals surface area (Å²) in [6, 6.07) is 6.87. The van der Waals surface area contributed by atoms with Crippen LogP contribution in [0.5, 0.6) is 0 Å². The highest BCUT2D eigenvalue weighted by atomic mass is 35.5. The van der Waals surface area contributed by atoms with Crippen LogP contribution in [0, 0.1) is 0 Å². The van der Waals surface area contributed by atoms with Gasteiger partial charge in [-0.3, -0.25) is 9.10 Å². The predicted molar refractivity (Wildman–Crippen MR) is 93.3 cm³/mol. The van der Waals surface area contributed by atoms with Gasteiger partial charge < -0.3 is 4.90 Å². The molecule has 0 bridgehead atoms. The van der Waals surface area contributed by atoms with E-state index in [2.05, 4.69) is 6.92 Å². The Morgan fingerprint density at radius 3 is 2.65 bits per heavy atom. The standard InChI is InChI=1S/C16H23ClN2O3S/c1-3-13-8-6-7-11-18(13)16(20)12-19(23(2,21)22)15-10-5-4-9-14(15)17/h4-5,9-10,13H,3,6-8,11-12H2,1-2H3. The van der Waals surface area contributed by atoms with Gasteiger partial charge in [0, 0.05) is 12.6 Å². The minimum Gasteiger partial charge on any atom is -0.338 e. The van der Waals surface area contributed by atoms with Crippen LogP contribution >= 0.6 is 11.6 Å². The van der Waals surface area contributed by atoms with Crippen LogP contribution in [0.2, 0.25) is 5.02 Å². The summed E-state index contributed by atoms with van der Waals surface area (Å²) in [5.74, 6) is -0.165. The molecule has 1 heterocycles. The fourth-order valence-electron chi connectivity index (χ4n) is 3.00.